The molecule has 0 aliphatic carbocycles. The van der Waals surface area contributed by atoms with Gasteiger partial charge < -0.3 is 24.2 Å². The molecule has 0 radical (unpaired) electrons. The highest BCUT2D eigenvalue weighted by Crippen LogP contribution is 2.40. The first-order valence-corrected chi connectivity index (χ1v) is 12.9. The molecule has 10 nitrogen and oxygen atoms in total. The lowest BCUT2D eigenvalue weighted by atomic mass is 9.96. The lowest BCUT2D eigenvalue weighted by molar-refractivity contribution is -0.0121. The summed E-state index contributed by atoms with van der Waals surface area (Å²) in [7, 11) is 2.82. The van der Waals surface area contributed by atoms with Crippen molar-refractivity contribution in [2.75, 3.05) is 39.0 Å². The number of halogens is 2. The SMILES string of the molecule is C#Cc1c(F)ccc2cc(O)cc(-c3ncc4c(N5CC6CCC(C5)N6C(=O)OCOC)nc(OC)nc4c3F)c12. The first-order valence-electron chi connectivity index (χ1n) is 12.9. The van der Waals surface area contributed by atoms with Crippen LogP contribution in [0.4, 0.5) is 19.4 Å². The zero-order chi connectivity index (χ0) is 28.8. The van der Waals surface area contributed by atoms with Crippen molar-refractivity contribution in [3.05, 3.63) is 47.7 Å². The van der Waals surface area contributed by atoms with Crippen LogP contribution in [-0.2, 0) is 9.47 Å². The largest absolute Gasteiger partial charge is 0.508 e. The van der Waals surface area contributed by atoms with E-state index in [2.05, 4.69) is 20.9 Å². The molecular formula is C29H25F2N5O5. The topological polar surface area (TPSA) is 110 Å². The number of benzene rings is 2. The Hall–Kier alpha value is -4.76. The van der Waals surface area contributed by atoms with Crippen molar-refractivity contribution in [1.82, 2.24) is 19.9 Å². The molecule has 2 aliphatic heterocycles. The number of aromatic nitrogens is 3. The fourth-order valence-corrected chi connectivity index (χ4v) is 5.85. The number of aromatic hydroxyl groups is 1. The van der Waals surface area contributed by atoms with E-state index in [4.69, 9.17) is 20.6 Å². The third kappa shape index (κ3) is 4.38. The molecule has 2 unspecified atom stereocenters. The number of phenolic OH excluding ortho intramolecular Hbond substituents is 1. The highest BCUT2D eigenvalue weighted by atomic mass is 19.1. The highest BCUT2D eigenvalue weighted by Gasteiger charge is 2.44. The van der Waals surface area contributed by atoms with Gasteiger partial charge in [-0.25, -0.2) is 13.6 Å². The number of carbonyl (C=O) groups excluding carboxylic acids is 1. The summed E-state index contributed by atoms with van der Waals surface area (Å²) in [5.41, 5.74) is -0.191. The van der Waals surface area contributed by atoms with Crippen LogP contribution in [0.5, 0.6) is 11.8 Å². The van der Waals surface area contributed by atoms with Crippen molar-refractivity contribution in [2.45, 2.75) is 24.9 Å². The summed E-state index contributed by atoms with van der Waals surface area (Å²) in [6, 6.07) is 5.02. The van der Waals surface area contributed by atoms with Gasteiger partial charge in [-0.3, -0.25) is 9.88 Å². The number of anilines is 1. The smallest absolute Gasteiger partial charge is 0.412 e. The predicted octanol–water partition coefficient (Wildman–Crippen LogP) is 4.21. The van der Waals surface area contributed by atoms with Crippen molar-refractivity contribution in [1.29, 1.82) is 0 Å². The highest BCUT2D eigenvalue weighted by molar-refractivity contribution is 6.03. The maximum absolute atomic E-state index is 16.3. The molecule has 4 aromatic rings. The van der Waals surface area contributed by atoms with E-state index in [-0.39, 0.29) is 58.4 Å². The number of amides is 1. The van der Waals surface area contributed by atoms with Crippen molar-refractivity contribution < 1.29 is 32.9 Å². The van der Waals surface area contributed by atoms with E-state index in [9.17, 15) is 14.3 Å². The minimum Gasteiger partial charge on any atom is -0.508 e. The number of piperazine rings is 1. The number of ether oxygens (including phenoxy) is 3. The monoisotopic (exact) mass is 561 g/mol. The Balaban J connectivity index is 1.46. The number of carbonyl (C=O) groups is 1. The molecule has 1 amide bonds. The summed E-state index contributed by atoms with van der Waals surface area (Å²) < 4.78 is 46.3. The molecule has 0 spiro atoms. The molecule has 0 saturated carbocycles. The molecular weight excluding hydrogens is 536 g/mol. The molecule has 2 aromatic heterocycles. The van der Waals surface area contributed by atoms with Gasteiger partial charge in [0.2, 0.25) is 0 Å². The number of terminal acetylenes is 1. The second-order valence-electron chi connectivity index (χ2n) is 9.89. The maximum Gasteiger partial charge on any atom is 0.412 e. The van der Waals surface area contributed by atoms with Gasteiger partial charge >= 0.3 is 12.1 Å². The van der Waals surface area contributed by atoms with Crippen molar-refractivity contribution in [2.24, 2.45) is 0 Å². The first-order chi connectivity index (χ1) is 19.8. The van der Waals surface area contributed by atoms with Crippen LogP contribution in [0.2, 0.25) is 0 Å². The number of methoxy groups -OCH3 is 2. The van der Waals surface area contributed by atoms with Crippen LogP contribution in [0.3, 0.4) is 0 Å². The van der Waals surface area contributed by atoms with Crippen LogP contribution in [-0.4, -0.2) is 77.2 Å². The zero-order valence-electron chi connectivity index (χ0n) is 22.2. The van der Waals surface area contributed by atoms with E-state index in [0.717, 1.165) is 12.8 Å². The van der Waals surface area contributed by atoms with Crippen LogP contribution in [0, 0.1) is 24.0 Å². The van der Waals surface area contributed by atoms with Gasteiger partial charge in [-0.2, -0.15) is 9.97 Å². The van der Waals surface area contributed by atoms with Crippen molar-refractivity contribution >= 4 is 33.6 Å². The fourth-order valence-electron chi connectivity index (χ4n) is 5.85. The zero-order valence-corrected chi connectivity index (χ0v) is 22.2. The van der Waals surface area contributed by atoms with E-state index in [0.29, 0.717) is 29.7 Å². The van der Waals surface area contributed by atoms with Crippen LogP contribution in [0.15, 0.2) is 30.5 Å². The van der Waals surface area contributed by atoms with Gasteiger partial charge in [-0.1, -0.05) is 12.0 Å². The molecule has 12 heteroatoms. The maximum atomic E-state index is 16.3. The van der Waals surface area contributed by atoms with Gasteiger partial charge in [0.25, 0.3) is 0 Å². The second-order valence-corrected chi connectivity index (χ2v) is 9.89. The lowest BCUT2D eigenvalue weighted by Crippen LogP contribution is -2.56. The van der Waals surface area contributed by atoms with Crippen LogP contribution in [0.1, 0.15) is 18.4 Å². The van der Waals surface area contributed by atoms with Gasteiger partial charge in [-0.05, 0) is 36.4 Å². The minimum absolute atomic E-state index is 0.0612. The summed E-state index contributed by atoms with van der Waals surface area (Å²) in [4.78, 5) is 29.5. The van der Waals surface area contributed by atoms with Crippen LogP contribution < -0.4 is 9.64 Å². The Kier molecular flexibility index (Phi) is 6.67. The summed E-state index contributed by atoms with van der Waals surface area (Å²) in [5.74, 6) is 1.10. The molecule has 2 saturated heterocycles. The summed E-state index contributed by atoms with van der Waals surface area (Å²) in [6.07, 6.45) is 8.15. The Morgan fingerprint density at radius 3 is 2.61 bits per heavy atom. The number of pyridine rings is 1. The molecule has 41 heavy (non-hydrogen) atoms. The molecule has 2 aliphatic rings. The molecule has 4 heterocycles. The van der Waals surface area contributed by atoms with Crippen LogP contribution in [0.25, 0.3) is 32.9 Å². The van der Waals surface area contributed by atoms with Gasteiger partial charge in [0.1, 0.15) is 28.6 Å². The Bertz CT molecular complexity index is 1730. The molecule has 2 fully saturated rings. The Morgan fingerprint density at radius 1 is 1.17 bits per heavy atom. The Morgan fingerprint density at radius 2 is 1.93 bits per heavy atom. The summed E-state index contributed by atoms with van der Waals surface area (Å²) in [5, 5.41) is 11.4. The summed E-state index contributed by atoms with van der Waals surface area (Å²) in [6.45, 7) is 0.724. The van der Waals surface area contributed by atoms with Crippen molar-refractivity contribution in [3.63, 3.8) is 0 Å². The van der Waals surface area contributed by atoms with E-state index < -0.39 is 17.7 Å². The van der Waals surface area contributed by atoms with Gasteiger partial charge in [0.05, 0.1) is 30.1 Å². The average molecular weight is 562 g/mol. The molecule has 2 aromatic carbocycles. The van der Waals surface area contributed by atoms with E-state index in [1.807, 2.05) is 4.90 Å². The van der Waals surface area contributed by atoms with E-state index >= 15 is 4.39 Å². The molecule has 210 valence electrons. The third-order valence-electron chi connectivity index (χ3n) is 7.57. The minimum atomic E-state index is -0.812. The lowest BCUT2D eigenvalue weighted by Gasteiger charge is -2.41. The number of rotatable bonds is 5. The second kappa shape index (κ2) is 10.3. The van der Waals surface area contributed by atoms with Gasteiger partial charge in [0, 0.05) is 37.3 Å². The summed E-state index contributed by atoms with van der Waals surface area (Å²) >= 11 is 0. The normalized spacial score (nSPS) is 18.1. The number of hydrogen-bond donors (Lipinski definition) is 1. The fraction of sp³-hybridized carbons (Fsp3) is 0.310. The quantitative estimate of drug-likeness (QED) is 0.283. The average Bonchev–Trinajstić information content (AvgIpc) is 3.24. The van der Waals surface area contributed by atoms with Crippen molar-refractivity contribution in [3.8, 4) is 35.4 Å². The Labute approximate surface area is 233 Å². The standard InChI is InChI=1S/C29H25F2N5O5/c1-4-19-22(30)8-5-15-9-18(37)10-20(23(15)19)25-24(31)26-21(11-32-25)27(34-28(33-26)40-3)35-12-16-6-7-17(13-35)36(16)29(38)41-14-39-2/h1,5,8-11,16-17,37H,6-7,12-14H2,2-3H3. The molecule has 2 atom stereocenters. The number of phenols is 1. The number of fused-ring (bicyclic) bond motifs is 4. The number of nitrogens with zero attached hydrogens (tertiary/aromatic N) is 5. The molecule has 2 bridgehead atoms. The van der Waals surface area contributed by atoms with E-state index in [1.165, 1.54) is 44.7 Å². The molecule has 6 rings (SSSR count). The molecule has 1 N–H and O–H groups in total. The third-order valence-corrected chi connectivity index (χ3v) is 7.57. The van der Waals surface area contributed by atoms with E-state index in [1.54, 1.807) is 4.90 Å². The van der Waals surface area contributed by atoms with Gasteiger partial charge in [-0.15, -0.1) is 6.42 Å². The first kappa shape index (κ1) is 26.5. The van der Waals surface area contributed by atoms with Crippen LogP contribution >= 0.6 is 0 Å². The number of hydrogen-bond acceptors (Lipinski definition) is 9. The predicted molar refractivity (Wildman–Crippen MR) is 146 cm³/mol. The van der Waals surface area contributed by atoms with Gasteiger partial charge in [0.15, 0.2) is 12.6 Å².